The summed E-state index contributed by atoms with van der Waals surface area (Å²) >= 11 is 8.56. The summed E-state index contributed by atoms with van der Waals surface area (Å²) in [4.78, 5) is 46.0. The molecule has 0 aromatic carbocycles. The van der Waals surface area contributed by atoms with Crippen molar-refractivity contribution in [3.05, 3.63) is 33.5 Å². The van der Waals surface area contributed by atoms with Crippen molar-refractivity contribution in [1.29, 1.82) is 0 Å². The van der Waals surface area contributed by atoms with Crippen LogP contribution >= 0.6 is 34.3 Å². The Morgan fingerprint density at radius 1 is 0.745 bits per heavy atom. The lowest BCUT2D eigenvalue weighted by Gasteiger charge is -2.34. The van der Waals surface area contributed by atoms with E-state index in [0.29, 0.717) is 30.7 Å². The zero-order valence-corrected chi connectivity index (χ0v) is 32.1. The van der Waals surface area contributed by atoms with E-state index in [1.54, 1.807) is 12.7 Å². The number of nitrogens with zero attached hydrogens (tertiary/aromatic N) is 5. The molecular formula is C36H51ClN10O2S2. The molecule has 0 atom stereocenters. The number of carbonyl (C=O) groups excluding carboxylic acids is 2. The number of anilines is 2. The Morgan fingerprint density at radius 3 is 1.63 bits per heavy atom. The Labute approximate surface area is 312 Å². The number of aromatic nitrogens is 4. The van der Waals surface area contributed by atoms with Gasteiger partial charge in [0.2, 0.25) is 11.8 Å². The van der Waals surface area contributed by atoms with Crippen molar-refractivity contribution < 1.29 is 9.59 Å². The van der Waals surface area contributed by atoms with E-state index >= 15 is 0 Å². The van der Waals surface area contributed by atoms with Crippen LogP contribution in [0.3, 0.4) is 0 Å². The van der Waals surface area contributed by atoms with E-state index < -0.39 is 5.91 Å². The van der Waals surface area contributed by atoms with E-state index in [9.17, 15) is 9.59 Å². The molecule has 4 heterocycles. The zero-order chi connectivity index (χ0) is 35.9. The van der Waals surface area contributed by atoms with E-state index in [1.165, 1.54) is 94.3 Å². The molecule has 0 spiro atoms. The average Bonchev–Trinajstić information content (AvgIpc) is 3.92. The standard InChI is InChI=1S/C18H25N5OS.C16H22N4S.C2H4ClNO/c1-23(9-15(19)24)12-7-5-11(6-8-12)22-17-16-13-3-2-4-14(13)25-18(16)21-10-20-17;1-17-10-5-7-11(8-6-10)20-15-14-12-3-2-4-13(12)21-16(14)19-9-18-15;3-1-2(4)5/h10-12H,2-9H2,1H3,(H2,19,24)(H,20,21,22);9-11,17H,2-8H2,1H3,(H,18,19,20);1H2,(H2,4,5). The number of alkyl halides is 1. The van der Waals surface area contributed by atoms with Crippen LogP contribution in [0.5, 0.6) is 0 Å². The molecule has 7 N–H and O–H groups in total. The van der Waals surface area contributed by atoms with Crippen molar-refractivity contribution in [1.82, 2.24) is 30.2 Å². The number of carbonyl (C=O) groups is 2. The fraction of sp³-hybridized carbons (Fsp3) is 0.611. The van der Waals surface area contributed by atoms with Gasteiger partial charge in [-0.2, -0.15) is 0 Å². The molecule has 15 heteroatoms. The van der Waals surface area contributed by atoms with Gasteiger partial charge in [-0.3, -0.25) is 14.5 Å². The van der Waals surface area contributed by atoms with E-state index in [-0.39, 0.29) is 11.8 Å². The Hall–Kier alpha value is -3.17. The van der Waals surface area contributed by atoms with Gasteiger partial charge in [-0.15, -0.1) is 34.3 Å². The molecule has 12 nitrogen and oxygen atoms in total. The van der Waals surface area contributed by atoms with Crippen molar-refractivity contribution in [3.63, 3.8) is 0 Å². The minimum Gasteiger partial charge on any atom is -0.369 e. The molecule has 0 radical (unpaired) electrons. The first-order valence-electron chi connectivity index (χ1n) is 18.3. The molecule has 4 aromatic rings. The number of amides is 2. The highest BCUT2D eigenvalue weighted by molar-refractivity contribution is 7.19. The van der Waals surface area contributed by atoms with Crippen LogP contribution in [0.2, 0.25) is 0 Å². The smallest absolute Gasteiger partial charge is 0.232 e. The van der Waals surface area contributed by atoms with Gasteiger partial charge in [0.1, 0.15) is 39.8 Å². The lowest BCUT2D eigenvalue weighted by atomic mass is 9.90. The first-order valence-corrected chi connectivity index (χ1v) is 20.4. The molecule has 51 heavy (non-hydrogen) atoms. The van der Waals surface area contributed by atoms with Crippen molar-refractivity contribution >= 4 is 78.2 Å². The number of likely N-dealkylation sites (N-methyl/N-ethyl adjacent to an activating group) is 1. The van der Waals surface area contributed by atoms with E-state index in [1.807, 2.05) is 29.7 Å². The van der Waals surface area contributed by atoms with Crippen LogP contribution in [0.15, 0.2) is 12.7 Å². The fourth-order valence-electron chi connectivity index (χ4n) is 8.03. The van der Waals surface area contributed by atoms with Gasteiger partial charge in [0.15, 0.2) is 0 Å². The third-order valence-corrected chi connectivity index (χ3v) is 13.3. The third kappa shape index (κ3) is 9.26. The van der Waals surface area contributed by atoms with Crippen molar-refractivity contribution in [3.8, 4) is 0 Å². The molecule has 276 valence electrons. The summed E-state index contributed by atoms with van der Waals surface area (Å²) in [6.45, 7) is 0.344. The number of thiophene rings is 2. The largest absolute Gasteiger partial charge is 0.369 e. The lowest BCUT2D eigenvalue weighted by molar-refractivity contribution is -0.119. The second-order valence-electron chi connectivity index (χ2n) is 14.1. The quantitative estimate of drug-likeness (QED) is 0.144. The van der Waals surface area contributed by atoms with Gasteiger partial charge in [0, 0.05) is 33.9 Å². The summed E-state index contributed by atoms with van der Waals surface area (Å²) in [5, 5.41) is 13.4. The predicted octanol–water partition coefficient (Wildman–Crippen LogP) is 5.15. The Morgan fingerprint density at radius 2 is 1.20 bits per heavy atom. The Kier molecular flexibility index (Phi) is 12.9. The zero-order valence-electron chi connectivity index (χ0n) is 29.7. The van der Waals surface area contributed by atoms with E-state index in [2.05, 4.69) is 53.6 Å². The van der Waals surface area contributed by atoms with Crippen molar-refractivity contribution in [2.45, 2.75) is 114 Å². The first kappa shape index (κ1) is 37.6. The summed E-state index contributed by atoms with van der Waals surface area (Å²) in [6, 6.07) is 2.14. The molecule has 2 fully saturated rings. The van der Waals surface area contributed by atoms with Gasteiger partial charge in [-0.05, 0) is 115 Å². The Bertz CT molecular complexity index is 1800. The highest BCUT2D eigenvalue weighted by Gasteiger charge is 2.28. The number of halogens is 1. The molecular weight excluding hydrogens is 704 g/mol. The second-order valence-corrected chi connectivity index (χ2v) is 16.6. The summed E-state index contributed by atoms with van der Waals surface area (Å²) in [6.07, 6.45) is 20.0. The van der Waals surface area contributed by atoms with Crippen LogP contribution < -0.4 is 27.4 Å². The highest BCUT2D eigenvalue weighted by atomic mass is 35.5. The summed E-state index contributed by atoms with van der Waals surface area (Å²) in [7, 11) is 4.06. The molecule has 4 aromatic heterocycles. The highest BCUT2D eigenvalue weighted by Crippen LogP contribution is 2.41. The maximum atomic E-state index is 11.1. The summed E-state index contributed by atoms with van der Waals surface area (Å²) in [5.74, 6) is 1.27. The van der Waals surface area contributed by atoms with Gasteiger partial charge in [0.25, 0.3) is 0 Å². The minimum atomic E-state index is -0.480. The average molecular weight is 755 g/mol. The van der Waals surface area contributed by atoms with E-state index in [4.69, 9.17) is 17.3 Å². The van der Waals surface area contributed by atoms with E-state index in [0.717, 1.165) is 48.6 Å². The van der Waals surface area contributed by atoms with Crippen molar-refractivity contribution in [2.24, 2.45) is 11.5 Å². The molecule has 0 bridgehead atoms. The number of hydrogen-bond acceptors (Lipinski definition) is 12. The minimum absolute atomic E-state index is 0.0833. The number of primary amides is 2. The van der Waals surface area contributed by atoms with Crippen LogP contribution in [0.25, 0.3) is 20.4 Å². The molecule has 4 aliphatic carbocycles. The topological polar surface area (TPSA) is 177 Å². The van der Waals surface area contributed by atoms with Gasteiger partial charge < -0.3 is 27.4 Å². The van der Waals surface area contributed by atoms with Crippen LogP contribution in [0, 0.1) is 0 Å². The number of aryl methyl sites for hydroxylation is 4. The number of nitrogens with one attached hydrogen (secondary N) is 3. The maximum absolute atomic E-state index is 11.1. The van der Waals surface area contributed by atoms with Crippen LogP contribution in [-0.4, -0.2) is 87.3 Å². The normalized spacial score (nSPS) is 22.4. The maximum Gasteiger partial charge on any atom is 0.232 e. The molecule has 0 aliphatic heterocycles. The van der Waals surface area contributed by atoms with Crippen LogP contribution in [0.1, 0.15) is 85.1 Å². The second kappa shape index (κ2) is 17.6. The monoisotopic (exact) mass is 754 g/mol. The molecule has 4 aliphatic rings. The van der Waals surface area contributed by atoms with Gasteiger partial charge in [-0.1, -0.05) is 0 Å². The fourth-order valence-corrected chi connectivity index (χ4v) is 10.5. The van der Waals surface area contributed by atoms with Crippen LogP contribution in [0.4, 0.5) is 11.6 Å². The SMILES string of the molecule is CN(CC(N)=O)C1CCC(Nc2ncnc3sc4c(c23)CCC4)CC1.CNC1CCC(Nc2ncnc3sc4c(c23)CCC4)CC1.NC(=O)CCl. The number of hydrogen-bond donors (Lipinski definition) is 5. The van der Waals surface area contributed by atoms with Gasteiger partial charge in [-0.25, -0.2) is 19.9 Å². The molecule has 2 saturated carbocycles. The number of nitrogens with two attached hydrogens (primary N) is 2. The number of rotatable bonds is 9. The molecule has 0 saturated heterocycles. The molecule has 0 unspecified atom stereocenters. The summed E-state index contributed by atoms with van der Waals surface area (Å²) < 4.78 is 0. The van der Waals surface area contributed by atoms with Gasteiger partial charge in [0.05, 0.1) is 17.3 Å². The predicted molar refractivity (Wildman–Crippen MR) is 209 cm³/mol. The van der Waals surface area contributed by atoms with Crippen LogP contribution in [-0.2, 0) is 35.3 Å². The first-order chi connectivity index (χ1) is 24.7. The Balaban J connectivity index is 0.000000157. The molecule has 2 amide bonds. The molecule has 8 rings (SSSR count). The lowest BCUT2D eigenvalue weighted by Crippen LogP contribution is -2.42. The van der Waals surface area contributed by atoms with Crippen molar-refractivity contribution in [2.75, 3.05) is 37.2 Å². The third-order valence-electron chi connectivity index (χ3n) is 10.7. The summed E-state index contributed by atoms with van der Waals surface area (Å²) in [5.41, 5.74) is 12.8. The number of fused-ring (bicyclic) bond motifs is 6. The van der Waals surface area contributed by atoms with Gasteiger partial charge >= 0.3 is 0 Å².